The molecule has 0 saturated carbocycles. The van der Waals surface area contributed by atoms with Crippen molar-refractivity contribution < 1.29 is 14.3 Å². The van der Waals surface area contributed by atoms with E-state index in [1.807, 2.05) is 78.0 Å². The lowest BCUT2D eigenvalue weighted by atomic mass is 10.00. The highest BCUT2D eigenvalue weighted by atomic mass is 16.6. The number of allylic oxidation sites excluding steroid dienone is 5. The van der Waals surface area contributed by atoms with Gasteiger partial charge in [0, 0.05) is 23.0 Å². The number of anilines is 1. The Labute approximate surface area is 233 Å². The van der Waals surface area contributed by atoms with Crippen LogP contribution in [0.1, 0.15) is 54.3 Å². The molecule has 0 fully saturated rings. The van der Waals surface area contributed by atoms with Crippen LogP contribution in [-0.2, 0) is 17.7 Å². The van der Waals surface area contributed by atoms with E-state index in [0.717, 1.165) is 51.4 Å². The molecule has 0 spiro atoms. The molecule has 1 aromatic heterocycles. The minimum absolute atomic E-state index is 0.241. The number of methoxy groups -OCH3 is 1. The zero-order valence-corrected chi connectivity index (χ0v) is 24.2. The van der Waals surface area contributed by atoms with Gasteiger partial charge in [-0.05, 0) is 82.4 Å². The van der Waals surface area contributed by atoms with Crippen molar-refractivity contribution in [3.05, 3.63) is 119 Å². The molecule has 5 nitrogen and oxygen atoms in total. The SMILES string of the molecule is C=C/C=C(\C=C/Cc1ccccc1)c1cc(C)cc(N(Cc2ncc(C)c(OC)c2C)C(=O)OC(C)(C)C)c1. The number of aromatic nitrogens is 1. The Balaban J connectivity index is 2.03. The van der Waals surface area contributed by atoms with Gasteiger partial charge in [0.1, 0.15) is 11.4 Å². The van der Waals surface area contributed by atoms with Gasteiger partial charge in [0.2, 0.25) is 0 Å². The number of hydrogen-bond acceptors (Lipinski definition) is 4. The van der Waals surface area contributed by atoms with Crippen molar-refractivity contribution >= 4 is 17.4 Å². The second kappa shape index (κ2) is 13.1. The molecule has 2 aromatic carbocycles. The van der Waals surface area contributed by atoms with Gasteiger partial charge in [-0.3, -0.25) is 9.88 Å². The summed E-state index contributed by atoms with van der Waals surface area (Å²) >= 11 is 0. The summed E-state index contributed by atoms with van der Waals surface area (Å²) in [7, 11) is 1.65. The monoisotopic (exact) mass is 524 g/mol. The van der Waals surface area contributed by atoms with Gasteiger partial charge >= 0.3 is 6.09 Å². The fraction of sp³-hybridized carbons (Fsp3) is 0.294. The minimum Gasteiger partial charge on any atom is -0.496 e. The summed E-state index contributed by atoms with van der Waals surface area (Å²) in [6.07, 6.45) is 10.2. The topological polar surface area (TPSA) is 51.7 Å². The van der Waals surface area contributed by atoms with Gasteiger partial charge in [0.05, 0.1) is 19.3 Å². The van der Waals surface area contributed by atoms with Crippen molar-refractivity contribution in [3.8, 4) is 5.75 Å². The van der Waals surface area contributed by atoms with E-state index < -0.39 is 11.7 Å². The van der Waals surface area contributed by atoms with E-state index in [4.69, 9.17) is 9.47 Å². The highest BCUT2D eigenvalue weighted by Gasteiger charge is 2.26. The van der Waals surface area contributed by atoms with Gasteiger partial charge in [-0.25, -0.2) is 4.79 Å². The van der Waals surface area contributed by atoms with Gasteiger partial charge in [-0.1, -0.05) is 67.3 Å². The number of amides is 1. The molecule has 0 bridgehead atoms. The normalized spacial score (nSPS) is 11.9. The number of pyridine rings is 1. The molecule has 0 radical (unpaired) electrons. The molecule has 1 amide bonds. The number of benzene rings is 2. The molecule has 1 heterocycles. The van der Waals surface area contributed by atoms with E-state index in [2.05, 4.69) is 41.9 Å². The number of rotatable bonds is 9. The van der Waals surface area contributed by atoms with Crippen LogP contribution in [0.4, 0.5) is 10.5 Å². The maximum atomic E-state index is 13.5. The molecule has 5 heteroatoms. The smallest absolute Gasteiger partial charge is 0.415 e. The van der Waals surface area contributed by atoms with Gasteiger partial charge in [0.15, 0.2) is 0 Å². The van der Waals surface area contributed by atoms with Gasteiger partial charge in [-0.2, -0.15) is 0 Å². The van der Waals surface area contributed by atoms with Gasteiger partial charge in [0.25, 0.3) is 0 Å². The zero-order valence-electron chi connectivity index (χ0n) is 24.2. The van der Waals surface area contributed by atoms with Crippen molar-refractivity contribution in [2.24, 2.45) is 0 Å². The lowest BCUT2D eigenvalue weighted by Crippen LogP contribution is -2.37. The molecular formula is C34H40N2O3. The first-order valence-corrected chi connectivity index (χ1v) is 13.2. The molecule has 0 unspecified atom stereocenters. The van der Waals surface area contributed by atoms with Crippen molar-refractivity contribution in [1.82, 2.24) is 4.98 Å². The van der Waals surface area contributed by atoms with Crippen LogP contribution in [-0.4, -0.2) is 23.8 Å². The number of aryl methyl sites for hydroxylation is 2. The lowest BCUT2D eigenvalue weighted by molar-refractivity contribution is 0.0577. The predicted octanol–water partition coefficient (Wildman–Crippen LogP) is 8.33. The van der Waals surface area contributed by atoms with Crippen LogP contribution in [0.5, 0.6) is 5.75 Å². The summed E-state index contributed by atoms with van der Waals surface area (Å²) in [5.41, 5.74) is 6.91. The molecule has 0 N–H and O–H groups in total. The Bertz CT molecular complexity index is 1370. The van der Waals surface area contributed by atoms with E-state index in [0.29, 0.717) is 0 Å². The van der Waals surface area contributed by atoms with Crippen LogP contribution in [0, 0.1) is 20.8 Å². The summed E-state index contributed by atoms with van der Waals surface area (Å²) in [6, 6.07) is 16.4. The van der Waals surface area contributed by atoms with Gasteiger partial charge in [-0.15, -0.1) is 0 Å². The quantitative estimate of drug-likeness (QED) is 0.264. The Morgan fingerprint density at radius 2 is 1.79 bits per heavy atom. The van der Waals surface area contributed by atoms with Crippen LogP contribution < -0.4 is 9.64 Å². The average Bonchev–Trinajstić information content (AvgIpc) is 2.87. The molecule has 3 rings (SSSR count). The van der Waals surface area contributed by atoms with Crippen LogP contribution in [0.15, 0.2) is 85.6 Å². The third-order valence-corrected chi connectivity index (χ3v) is 6.17. The first kappa shape index (κ1) is 29.4. The fourth-order valence-electron chi connectivity index (χ4n) is 4.35. The molecule has 0 saturated heterocycles. The molecule has 0 aliphatic rings. The second-order valence-electron chi connectivity index (χ2n) is 10.6. The number of carbonyl (C=O) groups excluding carboxylic acids is 1. The second-order valence-corrected chi connectivity index (χ2v) is 10.6. The molecule has 0 aliphatic heterocycles. The van der Waals surface area contributed by atoms with E-state index >= 15 is 0 Å². The summed E-state index contributed by atoms with van der Waals surface area (Å²) in [5.74, 6) is 0.772. The van der Waals surface area contributed by atoms with Crippen molar-refractivity contribution in [2.75, 3.05) is 12.0 Å². The first-order chi connectivity index (χ1) is 18.5. The number of carbonyl (C=O) groups is 1. The Kier molecular flexibility index (Phi) is 9.89. The Morgan fingerprint density at radius 3 is 2.44 bits per heavy atom. The third-order valence-electron chi connectivity index (χ3n) is 6.17. The predicted molar refractivity (Wildman–Crippen MR) is 161 cm³/mol. The maximum Gasteiger partial charge on any atom is 0.415 e. The summed E-state index contributed by atoms with van der Waals surface area (Å²) in [5, 5.41) is 0. The third kappa shape index (κ3) is 8.18. The maximum absolute atomic E-state index is 13.5. The summed E-state index contributed by atoms with van der Waals surface area (Å²) in [6.45, 7) is 15.7. The average molecular weight is 525 g/mol. The van der Waals surface area contributed by atoms with Crippen molar-refractivity contribution in [2.45, 2.75) is 60.1 Å². The van der Waals surface area contributed by atoms with Crippen LogP contribution in [0.3, 0.4) is 0 Å². The molecule has 3 aromatic rings. The van der Waals surface area contributed by atoms with E-state index in [1.54, 1.807) is 24.3 Å². The van der Waals surface area contributed by atoms with Crippen LogP contribution in [0.25, 0.3) is 5.57 Å². The lowest BCUT2D eigenvalue weighted by Gasteiger charge is -2.28. The zero-order chi connectivity index (χ0) is 28.6. The Morgan fingerprint density at radius 1 is 1.08 bits per heavy atom. The number of ether oxygens (including phenoxy) is 2. The summed E-state index contributed by atoms with van der Waals surface area (Å²) < 4.78 is 11.4. The highest BCUT2D eigenvalue weighted by Crippen LogP contribution is 2.30. The molecule has 204 valence electrons. The largest absolute Gasteiger partial charge is 0.496 e. The standard InChI is InChI=1S/C34H40N2O3/c1-9-14-28(18-13-17-27-15-11-10-12-16-27)29-19-24(2)20-30(21-29)36(33(37)39-34(5,6)7)23-31-26(4)32(38-8)25(3)22-35-31/h9-16,18-22H,1,17,23H2,2-8H3/b18-13-,28-14+. The molecule has 0 atom stereocenters. The van der Waals surface area contributed by atoms with Crippen molar-refractivity contribution in [1.29, 1.82) is 0 Å². The fourth-order valence-corrected chi connectivity index (χ4v) is 4.35. The van der Waals surface area contributed by atoms with Crippen LogP contribution in [0.2, 0.25) is 0 Å². The van der Waals surface area contributed by atoms with E-state index in [1.165, 1.54) is 5.56 Å². The minimum atomic E-state index is -0.649. The molecule has 0 aliphatic carbocycles. The first-order valence-electron chi connectivity index (χ1n) is 13.2. The Hall–Kier alpha value is -4.12. The van der Waals surface area contributed by atoms with Gasteiger partial charge < -0.3 is 9.47 Å². The van der Waals surface area contributed by atoms with Crippen molar-refractivity contribution in [3.63, 3.8) is 0 Å². The molecular weight excluding hydrogens is 484 g/mol. The summed E-state index contributed by atoms with van der Waals surface area (Å²) in [4.78, 5) is 19.8. The van der Waals surface area contributed by atoms with Crippen LogP contribution >= 0.6 is 0 Å². The van der Waals surface area contributed by atoms with E-state index in [9.17, 15) is 4.79 Å². The number of nitrogens with zero attached hydrogens (tertiary/aromatic N) is 2. The van der Waals surface area contributed by atoms with E-state index in [-0.39, 0.29) is 6.54 Å². The molecule has 39 heavy (non-hydrogen) atoms. The number of hydrogen-bond donors (Lipinski definition) is 0. The highest BCUT2D eigenvalue weighted by molar-refractivity contribution is 5.89.